The van der Waals surface area contributed by atoms with E-state index in [-0.39, 0.29) is 11.7 Å². The number of carbonyl (C=O) groups excluding carboxylic acids is 1. The second-order valence-corrected chi connectivity index (χ2v) is 11.0. The maximum atomic E-state index is 12.3. The third-order valence-corrected chi connectivity index (χ3v) is 6.62. The van der Waals surface area contributed by atoms with E-state index in [2.05, 4.69) is 6.92 Å². The van der Waals surface area contributed by atoms with E-state index in [9.17, 15) is 17.8 Å². The van der Waals surface area contributed by atoms with Crippen molar-refractivity contribution < 1.29 is 22.2 Å². The average Bonchev–Trinajstić information content (AvgIpc) is 2.64. The highest BCUT2D eigenvalue weighted by Crippen LogP contribution is 2.12. The van der Waals surface area contributed by atoms with Crippen LogP contribution in [0.5, 0.6) is 0 Å². The van der Waals surface area contributed by atoms with E-state index in [4.69, 9.17) is 0 Å². The minimum atomic E-state index is -4.13. The molecule has 0 aromatic rings. The van der Waals surface area contributed by atoms with E-state index in [1.807, 2.05) is 26.0 Å². The third-order valence-electron chi connectivity index (χ3n) is 5.83. The van der Waals surface area contributed by atoms with Gasteiger partial charge in [-0.25, -0.2) is 8.42 Å². The highest BCUT2D eigenvalue weighted by Gasteiger charge is 2.16. The highest BCUT2D eigenvalue weighted by atomic mass is 32.2. The summed E-state index contributed by atoms with van der Waals surface area (Å²) in [4.78, 5) is 14.1. The van der Waals surface area contributed by atoms with Gasteiger partial charge in [0.05, 0.1) is 37.3 Å². The molecule has 0 spiro atoms. The molecule has 0 unspecified atom stereocenters. The number of carbonyl (C=O) groups is 1. The van der Waals surface area contributed by atoms with Gasteiger partial charge in [-0.05, 0) is 6.42 Å². The van der Waals surface area contributed by atoms with Crippen LogP contribution in [-0.2, 0) is 14.9 Å². The first-order valence-corrected chi connectivity index (χ1v) is 13.6. The van der Waals surface area contributed by atoms with Gasteiger partial charge in [0, 0.05) is 38.6 Å². The molecule has 0 aliphatic rings. The van der Waals surface area contributed by atoms with Crippen molar-refractivity contribution >= 4 is 16.0 Å². The fourth-order valence-electron chi connectivity index (χ4n) is 3.77. The fourth-order valence-corrected chi connectivity index (χ4v) is 4.26. The Hall–Kier alpha value is -0.660. The first-order chi connectivity index (χ1) is 14.1. The Kier molecular flexibility index (Phi) is 16.6. The summed E-state index contributed by atoms with van der Waals surface area (Å²) in [7, 11) is 1.80. The molecule has 0 saturated heterocycles. The monoisotopic (exact) mass is 448 g/mol. The summed E-state index contributed by atoms with van der Waals surface area (Å²) in [6.45, 7) is 4.48. The fraction of sp³-hybridized carbons (Fsp3) is 0.957. The standard InChI is InChI=1S/C23H48N2O4S/c1-5-6-7-8-9-10-11-12-13-14-15-18-23(26)24(2)19-16-20-25(3,4)21-17-22-30(27,28)29/h5-22H2,1-4H3. The summed E-state index contributed by atoms with van der Waals surface area (Å²) in [6, 6.07) is 0. The first kappa shape index (κ1) is 29.3. The Morgan fingerprint density at radius 3 is 1.77 bits per heavy atom. The molecule has 0 rings (SSSR count). The number of unbranched alkanes of at least 4 members (excludes halogenated alkanes) is 10. The predicted molar refractivity (Wildman–Crippen MR) is 124 cm³/mol. The molecule has 0 aromatic heterocycles. The summed E-state index contributed by atoms with van der Waals surface area (Å²) in [5.41, 5.74) is 0. The van der Waals surface area contributed by atoms with Crippen LogP contribution in [0, 0.1) is 0 Å². The van der Waals surface area contributed by atoms with Crippen molar-refractivity contribution in [3.63, 3.8) is 0 Å². The van der Waals surface area contributed by atoms with E-state index in [1.54, 1.807) is 0 Å². The Morgan fingerprint density at radius 2 is 1.27 bits per heavy atom. The Morgan fingerprint density at radius 1 is 0.800 bits per heavy atom. The topological polar surface area (TPSA) is 77.5 Å². The lowest BCUT2D eigenvalue weighted by molar-refractivity contribution is -0.890. The van der Waals surface area contributed by atoms with Gasteiger partial charge in [-0.2, -0.15) is 0 Å². The van der Waals surface area contributed by atoms with Crippen molar-refractivity contribution in [2.24, 2.45) is 0 Å². The summed E-state index contributed by atoms with van der Waals surface area (Å²) in [5, 5.41) is 0. The zero-order valence-electron chi connectivity index (χ0n) is 20.2. The van der Waals surface area contributed by atoms with E-state index in [0.29, 0.717) is 23.9 Å². The van der Waals surface area contributed by atoms with Gasteiger partial charge < -0.3 is 13.9 Å². The van der Waals surface area contributed by atoms with Crippen LogP contribution in [0.3, 0.4) is 0 Å². The number of amides is 1. The second-order valence-electron chi connectivity index (χ2n) is 9.45. The van der Waals surface area contributed by atoms with Gasteiger partial charge in [-0.15, -0.1) is 0 Å². The third kappa shape index (κ3) is 19.3. The molecule has 30 heavy (non-hydrogen) atoms. The van der Waals surface area contributed by atoms with E-state index in [0.717, 1.165) is 32.4 Å². The molecule has 0 fully saturated rings. The van der Waals surface area contributed by atoms with E-state index < -0.39 is 10.1 Å². The van der Waals surface area contributed by atoms with Crippen LogP contribution in [0.15, 0.2) is 0 Å². The SMILES string of the molecule is CCCCCCCCCCCCCC(=O)N(C)CCC[N+](C)(C)CCCS(=O)(=O)[O-]. The molecule has 7 heteroatoms. The summed E-state index contributed by atoms with van der Waals surface area (Å²) in [5.74, 6) is -0.0832. The van der Waals surface area contributed by atoms with Crippen LogP contribution in [0.1, 0.15) is 96.8 Å². The van der Waals surface area contributed by atoms with Crippen LogP contribution in [0.2, 0.25) is 0 Å². The van der Waals surface area contributed by atoms with Gasteiger partial charge in [-0.1, -0.05) is 71.1 Å². The van der Waals surface area contributed by atoms with Crippen LogP contribution in [-0.4, -0.2) is 74.8 Å². The first-order valence-electron chi connectivity index (χ1n) is 12.1. The van der Waals surface area contributed by atoms with Gasteiger partial charge in [-0.3, -0.25) is 4.79 Å². The molecule has 180 valence electrons. The molecule has 1 amide bonds. The van der Waals surface area contributed by atoms with Crippen molar-refractivity contribution in [3.05, 3.63) is 0 Å². The largest absolute Gasteiger partial charge is 0.748 e. The number of rotatable bonds is 20. The van der Waals surface area contributed by atoms with Crippen molar-refractivity contribution in [3.8, 4) is 0 Å². The number of hydrogen-bond acceptors (Lipinski definition) is 4. The maximum Gasteiger partial charge on any atom is 0.222 e. The summed E-state index contributed by atoms with van der Waals surface area (Å²) in [6.07, 6.45) is 16.0. The minimum absolute atomic E-state index is 0.216. The molecule has 6 nitrogen and oxygen atoms in total. The summed E-state index contributed by atoms with van der Waals surface area (Å²) < 4.78 is 32.8. The molecule has 0 radical (unpaired) electrons. The minimum Gasteiger partial charge on any atom is -0.748 e. The maximum absolute atomic E-state index is 12.3. The number of nitrogens with zero attached hydrogens (tertiary/aromatic N) is 2. The van der Waals surface area contributed by atoms with Crippen molar-refractivity contribution in [1.82, 2.24) is 4.90 Å². The second kappa shape index (κ2) is 17.0. The molecule has 0 aromatic carbocycles. The predicted octanol–water partition coefficient (Wildman–Crippen LogP) is 4.55. The molecule has 0 aliphatic carbocycles. The summed E-state index contributed by atoms with van der Waals surface area (Å²) >= 11 is 0. The lowest BCUT2D eigenvalue weighted by atomic mass is 10.1. The Labute approximate surface area is 186 Å². The normalized spacial score (nSPS) is 12.3. The zero-order valence-corrected chi connectivity index (χ0v) is 21.0. The molecule has 0 atom stereocenters. The smallest absolute Gasteiger partial charge is 0.222 e. The number of quaternary nitrogens is 1. The van der Waals surface area contributed by atoms with Gasteiger partial charge in [0.15, 0.2) is 0 Å². The highest BCUT2D eigenvalue weighted by molar-refractivity contribution is 7.85. The number of hydrogen-bond donors (Lipinski definition) is 0. The molecule has 0 saturated carbocycles. The molecular weight excluding hydrogens is 400 g/mol. The van der Waals surface area contributed by atoms with Gasteiger partial charge in [0.2, 0.25) is 5.91 Å². The lowest BCUT2D eigenvalue weighted by Gasteiger charge is -2.30. The van der Waals surface area contributed by atoms with Crippen molar-refractivity contribution in [2.45, 2.75) is 96.8 Å². The van der Waals surface area contributed by atoms with Crippen LogP contribution < -0.4 is 0 Å². The zero-order chi connectivity index (χ0) is 22.9. The van der Waals surface area contributed by atoms with Crippen LogP contribution in [0.4, 0.5) is 0 Å². The molecule has 0 N–H and O–H groups in total. The molecular formula is C23H48N2O4S. The van der Waals surface area contributed by atoms with Crippen molar-refractivity contribution in [1.29, 1.82) is 0 Å². The van der Waals surface area contributed by atoms with E-state index in [1.165, 1.54) is 57.8 Å². The molecule has 0 heterocycles. The van der Waals surface area contributed by atoms with Crippen molar-refractivity contribution in [2.75, 3.05) is 46.5 Å². The lowest BCUT2D eigenvalue weighted by Crippen LogP contribution is -2.43. The van der Waals surface area contributed by atoms with E-state index >= 15 is 0 Å². The van der Waals surface area contributed by atoms with Crippen LogP contribution in [0.25, 0.3) is 0 Å². The quantitative estimate of drug-likeness (QED) is 0.155. The van der Waals surface area contributed by atoms with Gasteiger partial charge in [0.1, 0.15) is 0 Å². The van der Waals surface area contributed by atoms with Gasteiger partial charge >= 0.3 is 0 Å². The molecule has 0 bridgehead atoms. The Balaban J connectivity index is 3.68. The molecule has 0 aliphatic heterocycles. The average molecular weight is 449 g/mol. The van der Waals surface area contributed by atoms with Crippen LogP contribution >= 0.6 is 0 Å². The Bertz CT molecular complexity index is 535. The van der Waals surface area contributed by atoms with Gasteiger partial charge in [0.25, 0.3) is 0 Å².